The molecule has 11 heteroatoms. The summed E-state index contributed by atoms with van der Waals surface area (Å²) in [5, 5.41) is 12.9. The summed E-state index contributed by atoms with van der Waals surface area (Å²) >= 11 is 0. The second-order valence-corrected chi connectivity index (χ2v) is 10.4. The number of alkyl halides is 1. The maximum absolute atomic E-state index is 15.1. The Kier molecular flexibility index (Phi) is 8.29. The van der Waals surface area contributed by atoms with Crippen LogP contribution in [0.5, 0.6) is 5.75 Å². The Morgan fingerprint density at radius 1 is 1.20 bits per heavy atom. The van der Waals surface area contributed by atoms with E-state index < -0.39 is 12.3 Å². The van der Waals surface area contributed by atoms with Gasteiger partial charge < -0.3 is 15.0 Å². The van der Waals surface area contributed by atoms with Crippen LogP contribution in [0.1, 0.15) is 43.9 Å². The fourth-order valence-electron chi connectivity index (χ4n) is 5.10. The van der Waals surface area contributed by atoms with Gasteiger partial charge in [0.25, 0.3) is 0 Å². The first kappa shape index (κ1) is 27.8. The maximum Gasteiger partial charge on any atom is 0.226 e. The number of nitrogens with one attached hydrogen (secondary N) is 1. The summed E-state index contributed by atoms with van der Waals surface area (Å²) in [5.41, 5.74) is 2.16. The summed E-state index contributed by atoms with van der Waals surface area (Å²) in [6, 6.07) is 12.3. The molecule has 1 aliphatic carbocycles. The van der Waals surface area contributed by atoms with Crippen molar-refractivity contribution in [2.75, 3.05) is 18.4 Å². The molecule has 1 aromatic carbocycles. The lowest BCUT2D eigenvalue weighted by atomic mass is 10.0. The predicted octanol–water partition coefficient (Wildman–Crippen LogP) is 3.97. The van der Waals surface area contributed by atoms with Gasteiger partial charge in [-0.05, 0) is 49.7 Å². The zero-order valence-electron chi connectivity index (χ0n) is 22.5. The Balaban J connectivity index is 1.23. The van der Waals surface area contributed by atoms with Gasteiger partial charge in [0, 0.05) is 55.6 Å². The quantitative estimate of drug-likeness (QED) is 0.437. The van der Waals surface area contributed by atoms with Crippen LogP contribution in [0.15, 0.2) is 48.8 Å². The molecule has 3 aromatic rings. The number of ether oxygens (including phenoxy) is 1. The van der Waals surface area contributed by atoms with E-state index in [4.69, 9.17) is 4.74 Å². The van der Waals surface area contributed by atoms with Crippen LogP contribution in [-0.2, 0) is 20.8 Å². The van der Waals surface area contributed by atoms with Crippen LogP contribution in [0, 0.1) is 17.2 Å². The Hall–Kier alpha value is -4.72. The fraction of sp³-hybridized carbons (Fsp3) is 0.367. The first-order chi connectivity index (χ1) is 19.8. The average Bonchev–Trinajstić information content (AvgIpc) is 3.41. The van der Waals surface area contributed by atoms with Crippen molar-refractivity contribution in [3.63, 3.8) is 0 Å². The van der Waals surface area contributed by atoms with E-state index in [1.54, 1.807) is 48.8 Å². The highest BCUT2D eigenvalue weighted by Crippen LogP contribution is 2.30. The highest BCUT2D eigenvalue weighted by Gasteiger charge is 2.37. The lowest BCUT2D eigenvalue weighted by Gasteiger charge is -2.36. The molecule has 1 amide bonds. The third-order valence-corrected chi connectivity index (χ3v) is 7.21. The molecule has 1 N–H and O–H groups in total. The monoisotopic (exact) mass is 556 g/mol. The third kappa shape index (κ3) is 6.72. The molecule has 41 heavy (non-hydrogen) atoms. The normalized spacial score (nSPS) is 20.4. The molecule has 5 rings (SSSR count). The zero-order chi connectivity index (χ0) is 28.9. The minimum atomic E-state index is -1.42. The summed E-state index contributed by atoms with van der Waals surface area (Å²) < 4.78 is 21.0. The van der Waals surface area contributed by atoms with Gasteiger partial charge in [0.05, 0.1) is 24.0 Å². The molecule has 2 fully saturated rings. The van der Waals surface area contributed by atoms with Crippen LogP contribution in [0.25, 0.3) is 11.4 Å². The molecule has 2 aliphatic rings. The van der Waals surface area contributed by atoms with Crippen LogP contribution in [0.3, 0.4) is 0 Å². The Morgan fingerprint density at radius 2 is 2.05 bits per heavy atom. The van der Waals surface area contributed by atoms with Gasteiger partial charge in [-0.2, -0.15) is 5.26 Å². The molecule has 10 nitrogen and oxygen atoms in total. The van der Waals surface area contributed by atoms with Crippen molar-refractivity contribution in [1.29, 1.82) is 5.26 Å². The van der Waals surface area contributed by atoms with E-state index in [1.165, 1.54) is 11.8 Å². The van der Waals surface area contributed by atoms with Crippen molar-refractivity contribution < 1.29 is 23.5 Å². The predicted molar refractivity (Wildman–Crippen MR) is 147 cm³/mol. The molecule has 0 radical (unpaired) electrons. The number of halogens is 1. The molecule has 3 heterocycles. The SMILES string of the molecule is CC(=O)Cc1ccc(Nc2ccnc(-c3ccc(O[C@H]4CCN(C(=O)C5CCC(=O)C5)C[C@H]4F)c(C#N)c3)n2)cn1. The summed E-state index contributed by atoms with van der Waals surface area (Å²) in [4.78, 5) is 50.1. The molecule has 1 unspecified atom stereocenters. The summed E-state index contributed by atoms with van der Waals surface area (Å²) in [7, 11) is 0. The number of ketones is 2. The summed E-state index contributed by atoms with van der Waals surface area (Å²) in [6.45, 7) is 1.74. The third-order valence-electron chi connectivity index (χ3n) is 7.21. The van der Waals surface area contributed by atoms with Gasteiger partial charge in [-0.25, -0.2) is 14.4 Å². The van der Waals surface area contributed by atoms with Crippen LogP contribution in [0.4, 0.5) is 15.9 Å². The largest absolute Gasteiger partial charge is 0.486 e. The molecule has 1 saturated carbocycles. The molecule has 210 valence electrons. The number of pyridine rings is 1. The Morgan fingerprint density at radius 3 is 2.73 bits per heavy atom. The van der Waals surface area contributed by atoms with Crippen molar-refractivity contribution in [3.05, 3.63) is 60.0 Å². The highest BCUT2D eigenvalue weighted by atomic mass is 19.1. The number of likely N-dealkylation sites (tertiary alicyclic amines) is 1. The van der Waals surface area contributed by atoms with Crippen LogP contribution in [0.2, 0.25) is 0 Å². The number of hydrogen-bond acceptors (Lipinski definition) is 9. The van der Waals surface area contributed by atoms with Crippen LogP contribution < -0.4 is 10.1 Å². The fourth-order valence-corrected chi connectivity index (χ4v) is 5.10. The number of hydrogen-bond donors (Lipinski definition) is 1. The first-order valence-electron chi connectivity index (χ1n) is 13.5. The lowest BCUT2D eigenvalue weighted by Crippen LogP contribution is -2.50. The number of aromatic nitrogens is 3. The maximum atomic E-state index is 15.1. The standard InChI is InChI=1S/C30H29FN6O4/c1-18(38)12-22-4-5-23(16-34-22)35-28-8-10-33-29(36-28)19-3-7-26(21(13-19)15-32)41-27-9-11-37(17-25(27)31)30(40)20-2-6-24(39)14-20/h3-5,7-8,10,13,16,20,25,27H,2,6,9,11-12,14,17H2,1H3,(H,33,35,36)/t20?,25-,27+/m1/s1. The Labute approximate surface area is 236 Å². The number of nitrogens with zero attached hydrogens (tertiary/aromatic N) is 5. The average molecular weight is 557 g/mol. The molecular weight excluding hydrogens is 527 g/mol. The van der Waals surface area contributed by atoms with Crippen molar-refractivity contribution >= 4 is 29.0 Å². The minimum absolute atomic E-state index is 0.0346. The van der Waals surface area contributed by atoms with Crippen LogP contribution >= 0.6 is 0 Å². The molecule has 3 atom stereocenters. The molecule has 2 aromatic heterocycles. The summed E-state index contributed by atoms with van der Waals surface area (Å²) in [5.74, 6) is 0.725. The smallest absolute Gasteiger partial charge is 0.226 e. The number of piperidine rings is 1. The van der Waals surface area contributed by atoms with Crippen molar-refractivity contribution in [2.45, 2.75) is 51.3 Å². The number of rotatable bonds is 8. The van der Waals surface area contributed by atoms with Gasteiger partial charge in [-0.1, -0.05) is 0 Å². The second-order valence-electron chi connectivity index (χ2n) is 10.4. The topological polar surface area (TPSA) is 138 Å². The van der Waals surface area contributed by atoms with E-state index in [1.807, 2.05) is 0 Å². The number of carbonyl (C=O) groups is 3. The number of carbonyl (C=O) groups excluding carboxylic acids is 3. The van der Waals surface area contributed by atoms with E-state index >= 15 is 4.39 Å². The summed E-state index contributed by atoms with van der Waals surface area (Å²) in [6.07, 6.45) is 2.70. The molecule has 1 aliphatic heterocycles. The van der Waals surface area contributed by atoms with Gasteiger partial charge in [-0.15, -0.1) is 0 Å². The molecular formula is C30H29FN6O4. The Bertz CT molecular complexity index is 1510. The molecule has 0 spiro atoms. The van der Waals surface area contributed by atoms with Gasteiger partial charge in [0.2, 0.25) is 5.91 Å². The van der Waals surface area contributed by atoms with E-state index in [2.05, 4.69) is 26.3 Å². The number of anilines is 2. The zero-order valence-corrected chi connectivity index (χ0v) is 22.5. The lowest BCUT2D eigenvalue weighted by molar-refractivity contribution is -0.140. The van der Waals surface area contributed by atoms with Crippen molar-refractivity contribution in [2.24, 2.45) is 5.92 Å². The van der Waals surface area contributed by atoms with Gasteiger partial charge in [-0.3, -0.25) is 19.4 Å². The van der Waals surface area contributed by atoms with Crippen molar-refractivity contribution in [1.82, 2.24) is 19.9 Å². The van der Waals surface area contributed by atoms with E-state index in [-0.39, 0.29) is 60.5 Å². The first-order valence-corrected chi connectivity index (χ1v) is 13.5. The van der Waals surface area contributed by atoms with E-state index in [0.717, 1.165) is 0 Å². The number of benzene rings is 1. The second kappa shape index (κ2) is 12.2. The van der Waals surface area contributed by atoms with Crippen molar-refractivity contribution in [3.8, 4) is 23.2 Å². The van der Waals surface area contributed by atoms with Crippen LogP contribution in [-0.4, -0.2) is 62.7 Å². The molecule has 1 saturated heterocycles. The number of Topliss-reactive ketones (excluding diaryl/α,β-unsaturated/α-hetero) is 2. The van der Waals surface area contributed by atoms with E-state index in [9.17, 15) is 19.6 Å². The van der Waals surface area contributed by atoms with Gasteiger partial charge in [0.15, 0.2) is 12.0 Å². The minimum Gasteiger partial charge on any atom is -0.486 e. The number of nitriles is 1. The highest BCUT2D eigenvalue weighted by molar-refractivity contribution is 5.90. The van der Waals surface area contributed by atoms with E-state index in [0.29, 0.717) is 48.0 Å². The van der Waals surface area contributed by atoms with Gasteiger partial charge >= 0.3 is 0 Å². The molecule has 0 bridgehead atoms. The number of amides is 1. The van der Waals surface area contributed by atoms with Gasteiger partial charge in [0.1, 0.15) is 35.3 Å².